The van der Waals surface area contributed by atoms with E-state index in [4.69, 9.17) is 18.9 Å². The third kappa shape index (κ3) is 7.18. The van der Waals surface area contributed by atoms with Crippen molar-refractivity contribution in [3.05, 3.63) is 58.1 Å². The molecule has 0 bridgehead atoms. The molecule has 2 aromatic rings. The van der Waals surface area contributed by atoms with E-state index in [9.17, 15) is 9.59 Å². The zero-order valence-electron chi connectivity index (χ0n) is 17.0. The molecule has 0 spiro atoms. The van der Waals surface area contributed by atoms with Crippen LogP contribution >= 0.6 is 15.9 Å². The SMILES string of the molecule is COCCOC(=O)c1ccc(OC(=O)COc2ccc(Br)cc2C(C)(C)C)cc1. The predicted molar refractivity (Wildman–Crippen MR) is 113 cm³/mol. The molecule has 0 N–H and O–H groups in total. The number of esters is 2. The van der Waals surface area contributed by atoms with Crippen molar-refractivity contribution in [3.63, 3.8) is 0 Å². The number of hydrogen-bond acceptors (Lipinski definition) is 6. The fourth-order valence-electron chi connectivity index (χ4n) is 2.47. The Kier molecular flexibility index (Phi) is 8.22. The van der Waals surface area contributed by atoms with Gasteiger partial charge in [-0.25, -0.2) is 9.59 Å². The van der Waals surface area contributed by atoms with Crippen LogP contribution in [0.5, 0.6) is 11.5 Å². The van der Waals surface area contributed by atoms with Crippen molar-refractivity contribution in [3.8, 4) is 11.5 Å². The Morgan fingerprint density at radius 1 is 1.00 bits per heavy atom. The summed E-state index contributed by atoms with van der Waals surface area (Å²) < 4.78 is 21.8. The number of rotatable bonds is 8. The number of carbonyl (C=O) groups excluding carboxylic acids is 2. The molecule has 29 heavy (non-hydrogen) atoms. The zero-order valence-corrected chi connectivity index (χ0v) is 18.6. The summed E-state index contributed by atoms with van der Waals surface area (Å²) >= 11 is 3.46. The van der Waals surface area contributed by atoms with Crippen LogP contribution in [0.1, 0.15) is 36.7 Å². The molecular weight excluding hydrogens is 440 g/mol. The average molecular weight is 465 g/mol. The van der Waals surface area contributed by atoms with Gasteiger partial charge in [-0.2, -0.15) is 0 Å². The second-order valence-electron chi connectivity index (χ2n) is 7.31. The highest BCUT2D eigenvalue weighted by atomic mass is 79.9. The standard InChI is InChI=1S/C22H25BrO6/c1-22(2,3)18-13-16(23)7-10-19(18)28-14-20(24)29-17-8-5-15(6-9-17)21(25)27-12-11-26-4/h5-10,13H,11-12,14H2,1-4H3. The summed E-state index contributed by atoms with van der Waals surface area (Å²) in [5, 5.41) is 0. The van der Waals surface area contributed by atoms with Gasteiger partial charge in [0.05, 0.1) is 12.2 Å². The lowest BCUT2D eigenvalue weighted by Gasteiger charge is -2.23. The van der Waals surface area contributed by atoms with Gasteiger partial charge >= 0.3 is 11.9 Å². The molecule has 2 rings (SSSR count). The van der Waals surface area contributed by atoms with Crippen molar-refractivity contribution in [1.82, 2.24) is 0 Å². The van der Waals surface area contributed by atoms with Crippen LogP contribution in [-0.2, 0) is 19.7 Å². The summed E-state index contributed by atoms with van der Waals surface area (Å²) in [4.78, 5) is 24.0. The Morgan fingerprint density at radius 3 is 2.31 bits per heavy atom. The minimum atomic E-state index is -0.539. The highest BCUT2D eigenvalue weighted by molar-refractivity contribution is 9.10. The van der Waals surface area contributed by atoms with E-state index in [1.54, 1.807) is 0 Å². The molecule has 0 saturated carbocycles. The molecule has 0 fully saturated rings. The molecule has 7 heteroatoms. The van der Waals surface area contributed by atoms with Gasteiger partial charge in [0.1, 0.15) is 18.1 Å². The van der Waals surface area contributed by atoms with Crippen molar-refractivity contribution in [2.75, 3.05) is 26.9 Å². The maximum atomic E-state index is 12.1. The number of methoxy groups -OCH3 is 1. The van der Waals surface area contributed by atoms with Gasteiger partial charge in [-0.05, 0) is 47.9 Å². The van der Waals surface area contributed by atoms with E-state index in [-0.39, 0.29) is 18.6 Å². The highest BCUT2D eigenvalue weighted by Crippen LogP contribution is 2.33. The van der Waals surface area contributed by atoms with E-state index in [0.717, 1.165) is 10.0 Å². The topological polar surface area (TPSA) is 71.1 Å². The van der Waals surface area contributed by atoms with Crippen LogP contribution in [0.15, 0.2) is 46.9 Å². The molecule has 6 nitrogen and oxygen atoms in total. The lowest BCUT2D eigenvalue weighted by Crippen LogP contribution is -2.20. The number of hydrogen-bond donors (Lipinski definition) is 0. The van der Waals surface area contributed by atoms with Crippen LogP contribution in [0.4, 0.5) is 0 Å². The Labute approximate surface area is 179 Å². The molecule has 0 aliphatic heterocycles. The molecule has 2 aromatic carbocycles. The van der Waals surface area contributed by atoms with Gasteiger partial charge in [-0.3, -0.25) is 0 Å². The third-order valence-electron chi connectivity index (χ3n) is 3.94. The van der Waals surface area contributed by atoms with E-state index in [0.29, 0.717) is 23.7 Å². The summed E-state index contributed by atoms with van der Waals surface area (Å²) in [7, 11) is 1.53. The molecular formula is C22H25BrO6. The first-order valence-electron chi connectivity index (χ1n) is 9.10. The lowest BCUT2D eigenvalue weighted by molar-refractivity contribution is -0.136. The largest absolute Gasteiger partial charge is 0.482 e. The average Bonchev–Trinajstić information content (AvgIpc) is 2.67. The molecule has 156 valence electrons. The van der Waals surface area contributed by atoms with Crippen LogP contribution in [0, 0.1) is 0 Å². The van der Waals surface area contributed by atoms with Crippen molar-refractivity contribution in [1.29, 1.82) is 0 Å². The molecule has 0 radical (unpaired) electrons. The van der Waals surface area contributed by atoms with Crippen molar-refractivity contribution >= 4 is 27.9 Å². The predicted octanol–water partition coefficient (Wildman–Crippen LogP) is 4.53. The summed E-state index contributed by atoms with van der Waals surface area (Å²) in [5.41, 5.74) is 1.20. The van der Waals surface area contributed by atoms with Gasteiger partial charge < -0.3 is 18.9 Å². The summed E-state index contributed by atoms with van der Waals surface area (Å²) in [6, 6.07) is 11.8. The van der Waals surface area contributed by atoms with Gasteiger partial charge in [-0.15, -0.1) is 0 Å². The fraction of sp³-hybridized carbons (Fsp3) is 0.364. The Hall–Kier alpha value is -2.38. The first-order valence-corrected chi connectivity index (χ1v) is 9.89. The van der Waals surface area contributed by atoms with Crippen LogP contribution < -0.4 is 9.47 Å². The van der Waals surface area contributed by atoms with E-state index in [1.165, 1.54) is 31.4 Å². The molecule has 0 aliphatic carbocycles. The van der Waals surface area contributed by atoms with E-state index < -0.39 is 11.9 Å². The third-order valence-corrected chi connectivity index (χ3v) is 4.43. The van der Waals surface area contributed by atoms with E-state index >= 15 is 0 Å². The fourth-order valence-corrected chi connectivity index (χ4v) is 2.83. The Morgan fingerprint density at radius 2 is 1.69 bits per heavy atom. The summed E-state index contributed by atoms with van der Waals surface area (Å²) in [6.45, 7) is 6.49. The second-order valence-corrected chi connectivity index (χ2v) is 8.22. The quantitative estimate of drug-likeness (QED) is 0.324. The summed E-state index contributed by atoms with van der Waals surface area (Å²) in [5.74, 6) is -0.0536. The van der Waals surface area contributed by atoms with Crippen LogP contribution in [0.2, 0.25) is 0 Å². The second kappa shape index (κ2) is 10.4. The van der Waals surface area contributed by atoms with Crippen molar-refractivity contribution in [2.45, 2.75) is 26.2 Å². The van der Waals surface area contributed by atoms with Gasteiger partial charge in [-0.1, -0.05) is 36.7 Å². The number of halogens is 1. The van der Waals surface area contributed by atoms with Crippen LogP contribution in [0.25, 0.3) is 0 Å². The minimum absolute atomic E-state index is 0.142. The maximum absolute atomic E-state index is 12.1. The Bertz CT molecular complexity index is 839. The molecule has 0 aromatic heterocycles. The normalized spacial score (nSPS) is 11.1. The van der Waals surface area contributed by atoms with Crippen molar-refractivity contribution < 1.29 is 28.5 Å². The number of ether oxygens (including phenoxy) is 4. The van der Waals surface area contributed by atoms with Gasteiger partial charge in [0.25, 0.3) is 0 Å². The van der Waals surface area contributed by atoms with Crippen LogP contribution in [-0.4, -0.2) is 38.9 Å². The molecule has 0 heterocycles. The van der Waals surface area contributed by atoms with E-state index in [2.05, 4.69) is 36.7 Å². The number of benzene rings is 2. The number of carbonyl (C=O) groups is 2. The molecule has 0 atom stereocenters. The van der Waals surface area contributed by atoms with E-state index in [1.807, 2.05) is 18.2 Å². The van der Waals surface area contributed by atoms with Gasteiger partial charge in [0.15, 0.2) is 6.61 Å². The smallest absolute Gasteiger partial charge is 0.349 e. The first kappa shape index (κ1) is 22.9. The van der Waals surface area contributed by atoms with Gasteiger partial charge in [0, 0.05) is 17.1 Å². The maximum Gasteiger partial charge on any atom is 0.349 e. The lowest BCUT2D eigenvalue weighted by atomic mass is 9.86. The molecule has 0 amide bonds. The monoisotopic (exact) mass is 464 g/mol. The molecule has 0 saturated heterocycles. The van der Waals surface area contributed by atoms with Crippen LogP contribution in [0.3, 0.4) is 0 Å². The molecule has 0 unspecified atom stereocenters. The van der Waals surface area contributed by atoms with Gasteiger partial charge in [0.2, 0.25) is 0 Å². The minimum Gasteiger partial charge on any atom is -0.482 e. The zero-order chi connectivity index (χ0) is 21.4. The molecule has 0 aliphatic rings. The first-order chi connectivity index (χ1) is 13.7. The highest BCUT2D eigenvalue weighted by Gasteiger charge is 2.20. The van der Waals surface area contributed by atoms with Crippen molar-refractivity contribution in [2.24, 2.45) is 0 Å². The summed E-state index contributed by atoms with van der Waals surface area (Å²) in [6.07, 6.45) is 0. The Balaban J connectivity index is 1.93.